The minimum absolute atomic E-state index is 0. The molecule has 0 aliphatic heterocycles. The van der Waals surface area contributed by atoms with E-state index in [0.717, 1.165) is 47.1 Å². The molecule has 0 unspecified atom stereocenters. The average molecular weight is 624 g/mol. The Morgan fingerprint density at radius 2 is 1.15 bits per heavy atom. The predicted octanol–water partition coefficient (Wildman–Crippen LogP) is 5.02. The number of aryl methyl sites for hydroxylation is 2. The first kappa shape index (κ1) is 24.8. The third-order valence-electron chi connectivity index (χ3n) is 4.68. The van der Waals surface area contributed by atoms with Gasteiger partial charge in [0.2, 0.25) is 0 Å². The van der Waals surface area contributed by atoms with Crippen molar-refractivity contribution >= 4 is 0 Å². The van der Waals surface area contributed by atoms with Crippen LogP contribution in [-0.4, -0.2) is 31.8 Å². The normalized spacial score (nSPS) is 11.0. The summed E-state index contributed by atoms with van der Waals surface area (Å²) in [5.74, 6) is 1.63. The van der Waals surface area contributed by atoms with Crippen LogP contribution in [0, 0.1) is 12.1 Å². The Morgan fingerprint density at radius 1 is 0.727 bits per heavy atom. The third-order valence-corrected chi connectivity index (χ3v) is 4.68. The second kappa shape index (κ2) is 11.3. The zero-order valence-corrected chi connectivity index (χ0v) is 21.5. The first-order valence-electron chi connectivity index (χ1n) is 10.9. The van der Waals surface area contributed by atoms with Gasteiger partial charge in [-0.1, -0.05) is 0 Å². The largest absolute Gasteiger partial charge is 2.00 e. The van der Waals surface area contributed by atoms with Crippen LogP contribution in [0.25, 0.3) is 11.4 Å². The monoisotopic (exact) mass is 623 g/mol. The summed E-state index contributed by atoms with van der Waals surface area (Å²) >= 11 is 0. The summed E-state index contributed by atoms with van der Waals surface area (Å²) < 4.78 is 15.2. The van der Waals surface area contributed by atoms with Gasteiger partial charge in [-0.3, -0.25) is 9.36 Å². The summed E-state index contributed by atoms with van der Waals surface area (Å²) in [7, 11) is 0. The van der Waals surface area contributed by atoms with Crippen LogP contribution >= 0.6 is 0 Å². The van der Waals surface area contributed by atoms with Gasteiger partial charge in [-0.25, -0.2) is 0 Å². The van der Waals surface area contributed by atoms with Gasteiger partial charge in [0.25, 0.3) is 0 Å². The third kappa shape index (κ3) is 6.81. The van der Waals surface area contributed by atoms with Gasteiger partial charge in [-0.15, -0.1) is 24.3 Å². The van der Waals surface area contributed by atoms with Crippen LogP contribution in [0.15, 0.2) is 60.9 Å². The molecule has 2 aromatic carbocycles. The van der Waals surface area contributed by atoms with Crippen molar-refractivity contribution < 1.29 is 30.5 Å². The van der Waals surface area contributed by atoms with Crippen LogP contribution in [0.1, 0.15) is 39.1 Å². The van der Waals surface area contributed by atoms with E-state index in [2.05, 4.69) is 12.1 Å². The molecular weight excluding hydrogens is 595 g/mol. The Labute approximate surface area is 209 Å². The van der Waals surface area contributed by atoms with Crippen molar-refractivity contribution in [1.29, 1.82) is 0 Å². The van der Waals surface area contributed by atoms with Gasteiger partial charge in [-0.05, 0) is 64.0 Å². The maximum atomic E-state index is 5.77. The predicted molar refractivity (Wildman–Crippen MR) is 124 cm³/mol. The summed E-state index contributed by atoms with van der Waals surface area (Å²) in [6.45, 7) is 8.05. The molecule has 4 aromatic rings. The molecule has 0 saturated carbocycles. The summed E-state index contributed by atoms with van der Waals surface area (Å²) in [4.78, 5) is 0. The van der Waals surface area contributed by atoms with Gasteiger partial charge in [0.1, 0.15) is 0 Å². The molecule has 0 radical (unpaired) electrons. The summed E-state index contributed by atoms with van der Waals surface area (Å²) in [5.41, 5.74) is 3.72. The fraction of sp³-hybridized carbons (Fsp3) is 0.308. The number of nitrogens with zero attached hydrogens (tertiary/aromatic N) is 4. The Kier molecular flexibility index (Phi) is 8.51. The number of rotatable bonds is 9. The topological polar surface area (TPSA) is 54.1 Å². The number of hydrogen-bond acceptors (Lipinski definition) is 4. The zero-order chi connectivity index (χ0) is 22.5. The Bertz CT molecular complexity index is 1070. The maximum absolute atomic E-state index is 5.77. The van der Waals surface area contributed by atoms with Crippen LogP contribution in [0.4, 0.5) is 0 Å². The van der Waals surface area contributed by atoms with Gasteiger partial charge in [-0.2, -0.15) is 34.5 Å². The first-order chi connectivity index (χ1) is 15.5. The molecule has 2 heterocycles. The molecule has 4 rings (SSSR count). The van der Waals surface area contributed by atoms with Crippen LogP contribution in [-0.2, 0) is 33.9 Å². The van der Waals surface area contributed by atoms with E-state index in [1.54, 1.807) is 0 Å². The van der Waals surface area contributed by atoms with E-state index >= 15 is 0 Å². The molecule has 6 nitrogen and oxygen atoms in total. The van der Waals surface area contributed by atoms with Gasteiger partial charge in [0, 0.05) is 23.9 Å². The Hall–Kier alpha value is -2.85. The second-order valence-corrected chi connectivity index (χ2v) is 8.16. The van der Waals surface area contributed by atoms with Crippen LogP contribution in [0.3, 0.4) is 0 Å². The number of aromatic nitrogens is 4. The zero-order valence-electron chi connectivity index (χ0n) is 19.3. The molecule has 33 heavy (non-hydrogen) atoms. The summed E-state index contributed by atoms with van der Waals surface area (Å²) in [6.07, 6.45) is 5.75. The molecule has 0 aliphatic rings. The molecule has 0 amide bonds. The SMILES string of the molecule is CC(C)Oc1cc[c-]c(-n2ccc(CCc3ccn(-c4[c-]ccc(OC(C)C)c4)n3)n2)c1.[Pt+2]. The minimum Gasteiger partial charge on any atom is -0.516 e. The molecule has 0 spiro atoms. The van der Waals surface area contributed by atoms with Gasteiger partial charge in [0.05, 0.1) is 23.6 Å². The first-order valence-corrected chi connectivity index (χ1v) is 10.9. The van der Waals surface area contributed by atoms with E-state index in [-0.39, 0.29) is 33.3 Å². The molecule has 0 aliphatic carbocycles. The van der Waals surface area contributed by atoms with E-state index in [4.69, 9.17) is 19.7 Å². The Balaban J connectivity index is 0.00000306. The maximum Gasteiger partial charge on any atom is 2.00 e. The van der Waals surface area contributed by atoms with E-state index in [1.807, 2.05) is 98.0 Å². The van der Waals surface area contributed by atoms with Gasteiger partial charge in [0.15, 0.2) is 0 Å². The summed E-state index contributed by atoms with van der Waals surface area (Å²) in [6, 6.07) is 21.9. The van der Waals surface area contributed by atoms with Crippen molar-refractivity contribution in [3.05, 3.63) is 84.4 Å². The summed E-state index contributed by atoms with van der Waals surface area (Å²) in [5, 5.41) is 9.39. The second-order valence-electron chi connectivity index (χ2n) is 8.16. The van der Waals surface area contributed by atoms with E-state index in [1.165, 1.54) is 0 Å². The molecule has 0 N–H and O–H groups in total. The Morgan fingerprint density at radius 3 is 1.55 bits per heavy atom. The van der Waals surface area contributed by atoms with Crippen LogP contribution in [0.2, 0.25) is 0 Å². The fourth-order valence-electron chi connectivity index (χ4n) is 3.34. The van der Waals surface area contributed by atoms with Crippen molar-refractivity contribution in [1.82, 2.24) is 19.6 Å². The molecule has 0 bridgehead atoms. The quantitative estimate of drug-likeness (QED) is 0.246. The van der Waals surface area contributed by atoms with Crippen molar-refractivity contribution in [2.75, 3.05) is 0 Å². The van der Waals surface area contributed by atoms with Crippen molar-refractivity contribution in [3.63, 3.8) is 0 Å². The van der Waals surface area contributed by atoms with Crippen LogP contribution in [0.5, 0.6) is 11.5 Å². The van der Waals surface area contributed by atoms with E-state index in [0.29, 0.717) is 0 Å². The van der Waals surface area contributed by atoms with E-state index < -0.39 is 0 Å². The average Bonchev–Trinajstić information content (AvgIpc) is 3.42. The molecule has 0 saturated heterocycles. The molecule has 0 atom stereocenters. The fourth-order valence-corrected chi connectivity index (χ4v) is 3.34. The molecule has 0 fully saturated rings. The molecule has 2 aromatic heterocycles. The van der Waals surface area contributed by atoms with Gasteiger partial charge >= 0.3 is 21.1 Å². The number of ether oxygens (including phenoxy) is 2. The minimum atomic E-state index is 0. The van der Waals surface area contributed by atoms with Gasteiger partial charge < -0.3 is 9.47 Å². The molecular formula is C26H28N4O2Pt. The van der Waals surface area contributed by atoms with Crippen molar-refractivity contribution in [2.24, 2.45) is 0 Å². The molecule has 7 heteroatoms. The van der Waals surface area contributed by atoms with Crippen LogP contribution < -0.4 is 9.47 Å². The number of benzene rings is 2. The number of hydrogen-bond donors (Lipinski definition) is 0. The smallest absolute Gasteiger partial charge is 0.516 e. The standard InChI is InChI=1S/C26H28N4O2.Pt/c1-19(2)31-25-9-5-7-23(17-25)29-15-13-21(27-29)11-12-22-14-16-30(28-22)24-8-6-10-26(18-24)32-20(3)4;/h5-6,9-10,13-20H,11-12H2,1-4H3;/q-2;+2. The van der Waals surface area contributed by atoms with E-state index in [9.17, 15) is 0 Å². The van der Waals surface area contributed by atoms with Crippen molar-refractivity contribution in [3.8, 4) is 22.9 Å². The van der Waals surface area contributed by atoms with Crippen molar-refractivity contribution in [2.45, 2.75) is 52.7 Å². The molecule has 174 valence electrons.